The van der Waals surface area contributed by atoms with Crippen molar-refractivity contribution in [1.29, 1.82) is 5.41 Å². The Morgan fingerprint density at radius 3 is 2.30 bits per heavy atom. The van der Waals surface area contributed by atoms with E-state index < -0.39 is 0 Å². The van der Waals surface area contributed by atoms with Gasteiger partial charge in [0.2, 0.25) is 0 Å². The summed E-state index contributed by atoms with van der Waals surface area (Å²) in [5, 5.41) is 7.31. The number of nitrogen functional groups attached to an aromatic ring is 1. The fourth-order valence-electron chi connectivity index (χ4n) is 1.71. The average molecular weight is 270 g/mol. The maximum absolute atomic E-state index is 7.31. The predicted molar refractivity (Wildman–Crippen MR) is 79.1 cm³/mol. The zero-order valence-electron chi connectivity index (χ0n) is 11.2. The van der Waals surface area contributed by atoms with E-state index in [2.05, 4.69) is 0 Å². The molecule has 0 aromatic heterocycles. The van der Waals surface area contributed by atoms with Crippen LogP contribution < -0.4 is 10.5 Å². The zero-order chi connectivity index (χ0) is 14.2. The molecule has 20 heavy (non-hydrogen) atoms. The molecule has 2 rings (SSSR count). The molecule has 0 spiro atoms. The quantitative estimate of drug-likeness (QED) is 0.461. The van der Waals surface area contributed by atoms with Gasteiger partial charge in [-0.15, -0.1) is 0 Å². The van der Waals surface area contributed by atoms with E-state index >= 15 is 0 Å². The van der Waals surface area contributed by atoms with Crippen molar-refractivity contribution >= 4 is 5.84 Å². The van der Waals surface area contributed by atoms with E-state index in [1.807, 2.05) is 54.6 Å². The summed E-state index contributed by atoms with van der Waals surface area (Å²) in [6.07, 6.45) is 0. The first-order chi connectivity index (χ1) is 9.75. The number of para-hydroxylation sites is 1. The van der Waals surface area contributed by atoms with Crippen LogP contribution in [0.3, 0.4) is 0 Å². The highest BCUT2D eigenvalue weighted by Gasteiger charge is 1.98. The molecule has 0 amide bonds. The Balaban J connectivity index is 1.67. The van der Waals surface area contributed by atoms with Gasteiger partial charge in [0.05, 0.1) is 13.2 Å². The van der Waals surface area contributed by atoms with Gasteiger partial charge in [0, 0.05) is 5.56 Å². The molecule has 104 valence electrons. The Bertz CT molecular complexity index is 538. The molecular weight excluding hydrogens is 252 g/mol. The zero-order valence-corrected chi connectivity index (χ0v) is 11.2. The molecule has 0 aliphatic carbocycles. The summed E-state index contributed by atoms with van der Waals surface area (Å²) in [5.41, 5.74) is 7.17. The molecule has 0 atom stereocenters. The maximum atomic E-state index is 7.31. The molecule has 0 unspecified atom stereocenters. The number of ether oxygens (including phenoxy) is 2. The summed E-state index contributed by atoms with van der Waals surface area (Å²) in [6, 6.07) is 17.1. The standard InChI is InChI=1S/C16H18N2O2/c17-16(18)14-8-6-13(7-9-14)12-19-10-11-20-15-4-2-1-3-5-15/h1-9H,10-12H2,(H3,17,18). The van der Waals surface area contributed by atoms with Crippen LogP contribution in [0.25, 0.3) is 0 Å². The summed E-state index contributed by atoms with van der Waals surface area (Å²) >= 11 is 0. The van der Waals surface area contributed by atoms with Crippen molar-refractivity contribution < 1.29 is 9.47 Å². The van der Waals surface area contributed by atoms with E-state index in [0.29, 0.717) is 19.8 Å². The third kappa shape index (κ3) is 4.40. The van der Waals surface area contributed by atoms with E-state index in [-0.39, 0.29) is 5.84 Å². The van der Waals surface area contributed by atoms with Gasteiger partial charge in [-0.1, -0.05) is 42.5 Å². The fraction of sp³-hybridized carbons (Fsp3) is 0.188. The maximum Gasteiger partial charge on any atom is 0.122 e. The van der Waals surface area contributed by atoms with Crippen LogP contribution in [0, 0.1) is 5.41 Å². The summed E-state index contributed by atoms with van der Waals surface area (Å²) in [5.74, 6) is 0.927. The van der Waals surface area contributed by atoms with Gasteiger partial charge in [-0.25, -0.2) is 0 Å². The molecule has 0 bridgehead atoms. The highest BCUT2D eigenvalue weighted by atomic mass is 16.5. The minimum Gasteiger partial charge on any atom is -0.491 e. The van der Waals surface area contributed by atoms with Gasteiger partial charge in [-0.3, -0.25) is 5.41 Å². The van der Waals surface area contributed by atoms with Gasteiger partial charge in [-0.2, -0.15) is 0 Å². The number of nitrogens with two attached hydrogens (primary N) is 1. The molecule has 4 nitrogen and oxygen atoms in total. The Morgan fingerprint density at radius 1 is 0.950 bits per heavy atom. The van der Waals surface area contributed by atoms with Gasteiger partial charge in [0.25, 0.3) is 0 Å². The van der Waals surface area contributed by atoms with Crippen molar-refractivity contribution in [1.82, 2.24) is 0 Å². The lowest BCUT2D eigenvalue weighted by Crippen LogP contribution is -2.11. The van der Waals surface area contributed by atoms with Crippen LogP contribution in [0.15, 0.2) is 54.6 Å². The molecule has 0 radical (unpaired) electrons. The lowest BCUT2D eigenvalue weighted by molar-refractivity contribution is 0.0889. The Labute approximate surface area is 118 Å². The van der Waals surface area contributed by atoms with Gasteiger partial charge in [0.1, 0.15) is 18.2 Å². The van der Waals surface area contributed by atoms with Crippen LogP contribution in [0.5, 0.6) is 5.75 Å². The Hall–Kier alpha value is -2.33. The van der Waals surface area contributed by atoms with Crippen molar-refractivity contribution in [3.63, 3.8) is 0 Å². The average Bonchev–Trinajstić information content (AvgIpc) is 2.48. The number of nitrogens with one attached hydrogen (secondary N) is 1. The van der Waals surface area contributed by atoms with Crippen LogP contribution in [0.4, 0.5) is 0 Å². The van der Waals surface area contributed by atoms with Crippen LogP contribution >= 0.6 is 0 Å². The smallest absolute Gasteiger partial charge is 0.122 e. The van der Waals surface area contributed by atoms with E-state index in [1.165, 1.54) is 0 Å². The molecule has 2 aromatic rings. The number of amidine groups is 1. The normalized spacial score (nSPS) is 10.2. The molecule has 0 fully saturated rings. The van der Waals surface area contributed by atoms with E-state index in [4.69, 9.17) is 20.6 Å². The minimum absolute atomic E-state index is 0.0775. The SMILES string of the molecule is N=C(N)c1ccc(COCCOc2ccccc2)cc1. The highest BCUT2D eigenvalue weighted by molar-refractivity contribution is 5.94. The number of hydrogen-bond acceptors (Lipinski definition) is 3. The minimum atomic E-state index is 0.0775. The molecule has 0 saturated carbocycles. The molecular formula is C16H18N2O2. The van der Waals surface area contributed by atoms with Crippen LogP contribution in [0.1, 0.15) is 11.1 Å². The van der Waals surface area contributed by atoms with Crippen LogP contribution in [-0.2, 0) is 11.3 Å². The van der Waals surface area contributed by atoms with Gasteiger partial charge in [-0.05, 0) is 17.7 Å². The summed E-state index contributed by atoms with van der Waals surface area (Å²) in [7, 11) is 0. The van der Waals surface area contributed by atoms with Crippen molar-refractivity contribution in [2.75, 3.05) is 13.2 Å². The van der Waals surface area contributed by atoms with Crippen LogP contribution in [-0.4, -0.2) is 19.0 Å². The lowest BCUT2D eigenvalue weighted by atomic mass is 10.1. The monoisotopic (exact) mass is 270 g/mol. The lowest BCUT2D eigenvalue weighted by Gasteiger charge is -2.07. The molecule has 0 aliphatic rings. The summed E-state index contributed by atoms with van der Waals surface area (Å²) in [6.45, 7) is 1.58. The van der Waals surface area contributed by atoms with Crippen molar-refractivity contribution in [2.24, 2.45) is 5.73 Å². The first-order valence-electron chi connectivity index (χ1n) is 6.44. The van der Waals surface area contributed by atoms with Crippen molar-refractivity contribution in [3.8, 4) is 5.75 Å². The van der Waals surface area contributed by atoms with Crippen LogP contribution in [0.2, 0.25) is 0 Å². The second-order valence-electron chi connectivity index (χ2n) is 4.32. The predicted octanol–water partition coefficient (Wildman–Crippen LogP) is 2.57. The van der Waals surface area contributed by atoms with Gasteiger partial charge >= 0.3 is 0 Å². The molecule has 3 N–H and O–H groups in total. The van der Waals surface area contributed by atoms with Gasteiger partial charge < -0.3 is 15.2 Å². The van der Waals surface area contributed by atoms with Crippen molar-refractivity contribution in [3.05, 3.63) is 65.7 Å². The molecule has 2 aromatic carbocycles. The number of rotatable bonds is 7. The number of benzene rings is 2. The van der Waals surface area contributed by atoms with Gasteiger partial charge in [0.15, 0.2) is 0 Å². The first-order valence-corrected chi connectivity index (χ1v) is 6.44. The van der Waals surface area contributed by atoms with E-state index in [1.54, 1.807) is 0 Å². The molecule has 0 saturated heterocycles. The van der Waals surface area contributed by atoms with Crippen molar-refractivity contribution in [2.45, 2.75) is 6.61 Å². The fourth-order valence-corrected chi connectivity index (χ4v) is 1.71. The largest absolute Gasteiger partial charge is 0.491 e. The molecule has 0 heterocycles. The second kappa shape index (κ2) is 7.31. The third-order valence-corrected chi connectivity index (χ3v) is 2.77. The molecule has 4 heteroatoms. The molecule has 0 aliphatic heterocycles. The van der Waals surface area contributed by atoms with E-state index in [0.717, 1.165) is 16.9 Å². The summed E-state index contributed by atoms with van der Waals surface area (Å²) < 4.78 is 11.1. The second-order valence-corrected chi connectivity index (χ2v) is 4.32. The topological polar surface area (TPSA) is 68.3 Å². The Kier molecular flexibility index (Phi) is 5.15. The van der Waals surface area contributed by atoms with E-state index in [9.17, 15) is 0 Å². The number of hydrogen-bond donors (Lipinski definition) is 2. The Morgan fingerprint density at radius 2 is 1.65 bits per heavy atom. The highest BCUT2D eigenvalue weighted by Crippen LogP contribution is 2.08. The summed E-state index contributed by atoms with van der Waals surface area (Å²) in [4.78, 5) is 0. The third-order valence-electron chi connectivity index (χ3n) is 2.77. The first kappa shape index (κ1) is 14.1.